The van der Waals surface area contributed by atoms with Crippen molar-refractivity contribution < 1.29 is 14.7 Å². The first-order valence-corrected chi connectivity index (χ1v) is 8.39. The van der Waals surface area contributed by atoms with Gasteiger partial charge in [0.05, 0.1) is 0 Å². The maximum absolute atomic E-state index is 12.6. The molecule has 1 amide bonds. The standard InChI is InChI=1S/C17H25N5O3/c18-17(19)20-10-4-8-13(16(24)25)21-15(23)14-9-5-11-22(14)12-6-2-1-3-7-12/h1-3,6-7,13-14H,4-5,8-11H2,(H,21,23)(H,24,25)(H4,18,19,20)/t13-,14?/m1/s1. The fourth-order valence-corrected chi connectivity index (χ4v) is 3.00. The van der Waals surface area contributed by atoms with Crippen molar-refractivity contribution in [1.29, 1.82) is 0 Å². The van der Waals surface area contributed by atoms with Crippen molar-refractivity contribution >= 4 is 23.5 Å². The predicted molar refractivity (Wildman–Crippen MR) is 96.3 cm³/mol. The van der Waals surface area contributed by atoms with Crippen molar-refractivity contribution in [3.05, 3.63) is 30.3 Å². The highest BCUT2D eigenvalue weighted by Gasteiger charge is 2.33. The van der Waals surface area contributed by atoms with Crippen LogP contribution < -0.4 is 21.7 Å². The molecule has 0 bridgehead atoms. The van der Waals surface area contributed by atoms with E-state index in [4.69, 9.17) is 11.5 Å². The Morgan fingerprint density at radius 2 is 2.04 bits per heavy atom. The molecule has 8 heteroatoms. The number of rotatable bonds is 8. The molecular formula is C17H25N5O3. The zero-order chi connectivity index (χ0) is 18.2. The molecule has 2 rings (SSSR count). The number of nitrogens with zero attached hydrogens (tertiary/aromatic N) is 2. The Kier molecular flexibility index (Phi) is 6.62. The van der Waals surface area contributed by atoms with Gasteiger partial charge >= 0.3 is 5.97 Å². The topological polar surface area (TPSA) is 134 Å². The van der Waals surface area contributed by atoms with E-state index in [9.17, 15) is 14.7 Å². The van der Waals surface area contributed by atoms with Crippen molar-refractivity contribution in [2.75, 3.05) is 18.0 Å². The molecule has 0 spiro atoms. The summed E-state index contributed by atoms with van der Waals surface area (Å²) in [5.74, 6) is -1.33. The van der Waals surface area contributed by atoms with E-state index in [1.54, 1.807) is 0 Å². The molecule has 1 aromatic rings. The van der Waals surface area contributed by atoms with E-state index in [1.165, 1.54) is 0 Å². The van der Waals surface area contributed by atoms with Gasteiger partial charge in [-0.2, -0.15) is 0 Å². The zero-order valence-corrected chi connectivity index (χ0v) is 14.1. The van der Waals surface area contributed by atoms with E-state index >= 15 is 0 Å². The average Bonchev–Trinajstić information content (AvgIpc) is 3.07. The van der Waals surface area contributed by atoms with Crippen LogP contribution in [0.1, 0.15) is 25.7 Å². The van der Waals surface area contributed by atoms with Crippen molar-refractivity contribution in [2.45, 2.75) is 37.8 Å². The number of guanidine groups is 1. The van der Waals surface area contributed by atoms with Crippen LogP contribution in [0.15, 0.2) is 35.3 Å². The lowest BCUT2D eigenvalue weighted by molar-refractivity contribution is -0.142. The zero-order valence-electron chi connectivity index (χ0n) is 14.1. The molecule has 1 unspecified atom stereocenters. The molecule has 8 nitrogen and oxygen atoms in total. The lowest BCUT2D eigenvalue weighted by Crippen LogP contribution is -2.49. The molecule has 25 heavy (non-hydrogen) atoms. The molecule has 1 heterocycles. The van der Waals surface area contributed by atoms with Gasteiger partial charge in [0.1, 0.15) is 12.1 Å². The van der Waals surface area contributed by atoms with E-state index in [2.05, 4.69) is 10.3 Å². The number of carbonyl (C=O) groups excluding carboxylic acids is 1. The molecular weight excluding hydrogens is 322 g/mol. The van der Waals surface area contributed by atoms with Gasteiger partial charge in [-0.1, -0.05) is 18.2 Å². The van der Waals surface area contributed by atoms with Gasteiger partial charge in [-0.3, -0.25) is 9.79 Å². The summed E-state index contributed by atoms with van der Waals surface area (Å²) in [5.41, 5.74) is 11.5. The number of nitrogens with one attached hydrogen (secondary N) is 1. The number of hydrogen-bond acceptors (Lipinski definition) is 4. The molecule has 0 aromatic heterocycles. The SMILES string of the molecule is NC(N)=NCCC[C@@H](NC(=O)C1CCCN1c1ccccc1)C(=O)O. The lowest BCUT2D eigenvalue weighted by atomic mass is 10.1. The van der Waals surface area contributed by atoms with Gasteiger partial charge in [-0.05, 0) is 37.8 Å². The van der Waals surface area contributed by atoms with Crippen LogP contribution in [-0.4, -0.2) is 48.1 Å². The van der Waals surface area contributed by atoms with Gasteiger partial charge in [-0.15, -0.1) is 0 Å². The van der Waals surface area contributed by atoms with Crippen molar-refractivity contribution in [1.82, 2.24) is 5.32 Å². The molecule has 0 aliphatic carbocycles. The summed E-state index contributed by atoms with van der Waals surface area (Å²) in [7, 11) is 0. The Bertz CT molecular complexity index is 616. The Hall–Kier alpha value is -2.77. The lowest BCUT2D eigenvalue weighted by Gasteiger charge is -2.27. The van der Waals surface area contributed by atoms with Crippen LogP contribution in [0.3, 0.4) is 0 Å². The number of benzene rings is 1. The minimum Gasteiger partial charge on any atom is -0.480 e. The van der Waals surface area contributed by atoms with Crippen molar-refractivity contribution in [3.63, 3.8) is 0 Å². The third-order valence-corrected chi connectivity index (χ3v) is 4.20. The van der Waals surface area contributed by atoms with Gasteiger partial charge in [0.15, 0.2) is 5.96 Å². The minimum absolute atomic E-state index is 0.0274. The highest BCUT2D eigenvalue weighted by atomic mass is 16.4. The van der Waals surface area contributed by atoms with Crippen LogP contribution >= 0.6 is 0 Å². The molecule has 1 aliphatic rings. The second-order valence-corrected chi connectivity index (χ2v) is 6.04. The third kappa shape index (κ3) is 5.37. The molecule has 2 atom stereocenters. The van der Waals surface area contributed by atoms with Crippen LogP contribution in [0.25, 0.3) is 0 Å². The van der Waals surface area contributed by atoms with Gasteiger partial charge in [0, 0.05) is 18.8 Å². The molecule has 136 valence electrons. The summed E-state index contributed by atoms with van der Waals surface area (Å²) in [6.07, 6.45) is 2.36. The second-order valence-electron chi connectivity index (χ2n) is 6.04. The summed E-state index contributed by atoms with van der Waals surface area (Å²) in [6, 6.07) is 8.39. The summed E-state index contributed by atoms with van der Waals surface area (Å²) < 4.78 is 0. The maximum atomic E-state index is 12.6. The van der Waals surface area contributed by atoms with E-state index in [1.807, 2.05) is 35.2 Å². The minimum atomic E-state index is -1.05. The second kappa shape index (κ2) is 8.91. The Morgan fingerprint density at radius 1 is 1.32 bits per heavy atom. The van der Waals surface area contributed by atoms with Crippen LogP contribution in [0.5, 0.6) is 0 Å². The van der Waals surface area contributed by atoms with Crippen molar-refractivity contribution in [3.8, 4) is 0 Å². The van der Waals surface area contributed by atoms with Crippen molar-refractivity contribution in [2.24, 2.45) is 16.5 Å². The number of anilines is 1. The Labute approximate surface area is 146 Å². The first-order chi connectivity index (χ1) is 12.0. The number of aliphatic imine (C=N–C) groups is 1. The number of nitrogens with two attached hydrogens (primary N) is 2. The average molecular weight is 347 g/mol. The quantitative estimate of drug-likeness (QED) is 0.303. The summed E-state index contributed by atoms with van der Waals surface area (Å²) >= 11 is 0. The number of carboxylic acid groups (broad SMARTS) is 1. The first kappa shape index (κ1) is 18.6. The summed E-state index contributed by atoms with van der Waals surface area (Å²) in [5, 5.41) is 12.0. The van der Waals surface area contributed by atoms with Crippen LogP contribution in [0.4, 0.5) is 5.69 Å². The fraction of sp³-hybridized carbons (Fsp3) is 0.471. The van der Waals surface area contributed by atoms with E-state index in [-0.39, 0.29) is 24.3 Å². The highest BCUT2D eigenvalue weighted by molar-refractivity contribution is 5.89. The monoisotopic (exact) mass is 347 g/mol. The Balaban J connectivity index is 1.95. The van der Waals surface area contributed by atoms with E-state index < -0.39 is 12.0 Å². The maximum Gasteiger partial charge on any atom is 0.326 e. The van der Waals surface area contributed by atoms with E-state index in [0.29, 0.717) is 19.4 Å². The molecule has 1 aliphatic heterocycles. The predicted octanol–water partition coefficient (Wildman–Crippen LogP) is 0.278. The molecule has 0 saturated carbocycles. The molecule has 1 saturated heterocycles. The van der Waals surface area contributed by atoms with Crippen LogP contribution in [-0.2, 0) is 9.59 Å². The highest BCUT2D eigenvalue weighted by Crippen LogP contribution is 2.25. The number of carbonyl (C=O) groups is 2. The first-order valence-electron chi connectivity index (χ1n) is 8.39. The summed E-state index contributed by atoms with van der Waals surface area (Å²) in [6.45, 7) is 1.12. The van der Waals surface area contributed by atoms with Gasteiger partial charge < -0.3 is 26.8 Å². The van der Waals surface area contributed by atoms with Crippen LogP contribution in [0.2, 0.25) is 0 Å². The number of carboxylic acids is 1. The van der Waals surface area contributed by atoms with E-state index in [0.717, 1.165) is 18.7 Å². The summed E-state index contributed by atoms with van der Waals surface area (Å²) in [4.78, 5) is 29.9. The number of amides is 1. The van der Waals surface area contributed by atoms with Gasteiger partial charge in [0.25, 0.3) is 0 Å². The third-order valence-electron chi connectivity index (χ3n) is 4.20. The molecule has 6 N–H and O–H groups in total. The van der Waals surface area contributed by atoms with Gasteiger partial charge in [-0.25, -0.2) is 4.79 Å². The number of hydrogen-bond donors (Lipinski definition) is 4. The number of para-hydroxylation sites is 1. The fourth-order valence-electron chi connectivity index (χ4n) is 3.00. The molecule has 0 radical (unpaired) electrons. The number of aliphatic carboxylic acids is 1. The largest absolute Gasteiger partial charge is 0.480 e. The molecule has 1 fully saturated rings. The smallest absolute Gasteiger partial charge is 0.326 e. The van der Waals surface area contributed by atoms with Gasteiger partial charge in [0.2, 0.25) is 5.91 Å². The Morgan fingerprint density at radius 3 is 2.68 bits per heavy atom. The normalized spacial score (nSPS) is 17.8. The molecule has 1 aromatic carbocycles. The van der Waals surface area contributed by atoms with Crippen LogP contribution in [0, 0.1) is 0 Å².